The average molecular weight is 409 g/mol. The third-order valence-electron chi connectivity index (χ3n) is 2.47. The van der Waals surface area contributed by atoms with Crippen LogP contribution in [-0.2, 0) is 9.05 Å². The molecule has 0 saturated heterocycles. The van der Waals surface area contributed by atoms with Crippen molar-refractivity contribution in [1.82, 2.24) is 0 Å². The highest BCUT2D eigenvalue weighted by atomic mass is 127. The standard InChI is InChI=1S/C13H10ClIO3S/c1-9-8-10(6-7-13(9)19(14,16)17)18-12-5-3-2-4-11(12)15/h2-8H,1H3. The van der Waals surface area contributed by atoms with Crippen LogP contribution in [0, 0.1) is 10.5 Å². The van der Waals surface area contributed by atoms with Gasteiger partial charge in [0.2, 0.25) is 0 Å². The molecule has 0 aliphatic heterocycles. The Morgan fingerprint density at radius 2 is 1.84 bits per heavy atom. The Hall–Kier alpha value is -0.790. The van der Waals surface area contributed by atoms with Gasteiger partial charge in [-0.2, -0.15) is 0 Å². The van der Waals surface area contributed by atoms with Crippen molar-refractivity contribution in [2.24, 2.45) is 0 Å². The summed E-state index contributed by atoms with van der Waals surface area (Å²) in [6, 6.07) is 12.3. The topological polar surface area (TPSA) is 43.4 Å². The van der Waals surface area contributed by atoms with E-state index < -0.39 is 9.05 Å². The van der Waals surface area contributed by atoms with Gasteiger partial charge in [0, 0.05) is 10.7 Å². The van der Waals surface area contributed by atoms with E-state index in [9.17, 15) is 8.42 Å². The second-order valence-corrected chi connectivity index (χ2v) is 7.59. The summed E-state index contributed by atoms with van der Waals surface area (Å²) in [7, 11) is 1.62. The van der Waals surface area contributed by atoms with Crippen LogP contribution in [0.15, 0.2) is 47.4 Å². The lowest BCUT2D eigenvalue weighted by atomic mass is 10.2. The van der Waals surface area contributed by atoms with Crippen molar-refractivity contribution < 1.29 is 13.2 Å². The van der Waals surface area contributed by atoms with Crippen LogP contribution >= 0.6 is 33.3 Å². The highest BCUT2D eigenvalue weighted by molar-refractivity contribution is 14.1. The predicted octanol–water partition coefficient (Wildman–Crippen LogP) is 4.32. The number of hydrogen-bond acceptors (Lipinski definition) is 3. The van der Waals surface area contributed by atoms with Gasteiger partial charge in [-0.25, -0.2) is 8.42 Å². The molecule has 3 nitrogen and oxygen atoms in total. The molecule has 0 fully saturated rings. The van der Waals surface area contributed by atoms with Gasteiger partial charge < -0.3 is 4.74 Å². The number of halogens is 2. The van der Waals surface area contributed by atoms with Gasteiger partial charge in [-0.1, -0.05) is 12.1 Å². The number of hydrogen-bond donors (Lipinski definition) is 0. The van der Waals surface area contributed by atoms with Crippen LogP contribution in [0.25, 0.3) is 0 Å². The van der Waals surface area contributed by atoms with E-state index in [1.807, 2.05) is 24.3 Å². The molecule has 6 heteroatoms. The summed E-state index contributed by atoms with van der Waals surface area (Å²) in [6.07, 6.45) is 0. The molecule has 2 rings (SSSR count). The summed E-state index contributed by atoms with van der Waals surface area (Å²) in [5.74, 6) is 1.30. The van der Waals surface area contributed by atoms with E-state index in [0.717, 1.165) is 9.32 Å². The monoisotopic (exact) mass is 408 g/mol. The van der Waals surface area contributed by atoms with Gasteiger partial charge >= 0.3 is 0 Å². The zero-order chi connectivity index (χ0) is 14.0. The summed E-state index contributed by atoms with van der Waals surface area (Å²) in [6.45, 7) is 1.68. The van der Waals surface area contributed by atoms with Crippen molar-refractivity contribution in [2.45, 2.75) is 11.8 Å². The molecule has 100 valence electrons. The van der Waals surface area contributed by atoms with E-state index in [4.69, 9.17) is 15.4 Å². The van der Waals surface area contributed by atoms with Gasteiger partial charge in [0.1, 0.15) is 11.5 Å². The van der Waals surface area contributed by atoms with Gasteiger partial charge in [-0.15, -0.1) is 0 Å². The molecule has 0 saturated carbocycles. The molecule has 0 aliphatic carbocycles. The number of rotatable bonds is 3. The first kappa shape index (κ1) is 14.6. The number of benzene rings is 2. The number of para-hydroxylation sites is 1. The minimum absolute atomic E-state index is 0.101. The maximum Gasteiger partial charge on any atom is 0.261 e. The van der Waals surface area contributed by atoms with Crippen LogP contribution in [-0.4, -0.2) is 8.42 Å². The zero-order valence-corrected chi connectivity index (χ0v) is 13.7. The first-order valence-electron chi connectivity index (χ1n) is 5.35. The lowest BCUT2D eigenvalue weighted by Crippen LogP contribution is -1.95. The van der Waals surface area contributed by atoms with Crippen molar-refractivity contribution in [1.29, 1.82) is 0 Å². The van der Waals surface area contributed by atoms with Gasteiger partial charge in [-0.05, 0) is 65.4 Å². The van der Waals surface area contributed by atoms with E-state index >= 15 is 0 Å². The first-order valence-corrected chi connectivity index (χ1v) is 8.74. The van der Waals surface area contributed by atoms with Crippen LogP contribution < -0.4 is 4.74 Å². The summed E-state index contributed by atoms with van der Waals surface area (Å²) in [5.41, 5.74) is 0.554. The molecule has 0 aromatic heterocycles. The largest absolute Gasteiger partial charge is 0.456 e. The lowest BCUT2D eigenvalue weighted by molar-refractivity contribution is 0.478. The molecule has 0 atom stereocenters. The van der Waals surface area contributed by atoms with Crippen LogP contribution in [0.3, 0.4) is 0 Å². The van der Waals surface area contributed by atoms with Crippen LogP contribution in [0.1, 0.15) is 5.56 Å². The lowest BCUT2D eigenvalue weighted by Gasteiger charge is -2.09. The third kappa shape index (κ3) is 3.61. The van der Waals surface area contributed by atoms with Crippen LogP contribution in [0.4, 0.5) is 0 Å². The molecule has 2 aromatic carbocycles. The molecule has 0 bridgehead atoms. The van der Waals surface area contributed by atoms with Crippen molar-refractivity contribution in [3.8, 4) is 11.5 Å². The number of ether oxygens (including phenoxy) is 1. The summed E-state index contributed by atoms with van der Waals surface area (Å²) in [4.78, 5) is 0.101. The summed E-state index contributed by atoms with van der Waals surface area (Å²) >= 11 is 2.17. The average Bonchev–Trinajstić information content (AvgIpc) is 2.30. The Labute approximate surface area is 130 Å². The smallest absolute Gasteiger partial charge is 0.261 e. The molecular weight excluding hydrogens is 399 g/mol. The predicted molar refractivity (Wildman–Crippen MR) is 83.5 cm³/mol. The number of aryl methyl sites for hydroxylation is 1. The van der Waals surface area contributed by atoms with Gasteiger partial charge in [0.25, 0.3) is 9.05 Å². The third-order valence-corrected chi connectivity index (χ3v) is 4.85. The van der Waals surface area contributed by atoms with E-state index in [-0.39, 0.29) is 4.90 Å². The molecule has 0 radical (unpaired) electrons. The molecule has 19 heavy (non-hydrogen) atoms. The fourth-order valence-corrected chi connectivity index (χ4v) is 3.30. The Morgan fingerprint density at radius 1 is 1.16 bits per heavy atom. The Bertz CT molecular complexity index is 714. The summed E-state index contributed by atoms with van der Waals surface area (Å²) in [5, 5.41) is 0. The van der Waals surface area contributed by atoms with E-state index in [0.29, 0.717) is 11.3 Å². The first-order chi connectivity index (χ1) is 8.88. The molecule has 0 amide bonds. The Balaban J connectivity index is 2.34. The highest BCUT2D eigenvalue weighted by Gasteiger charge is 2.14. The maximum atomic E-state index is 11.3. The maximum absolute atomic E-state index is 11.3. The van der Waals surface area contributed by atoms with Gasteiger partial charge in [0.05, 0.1) is 8.47 Å². The second kappa shape index (κ2) is 5.68. The van der Waals surface area contributed by atoms with Gasteiger partial charge in [-0.3, -0.25) is 0 Å². The molecule has 0 unspecified atom stereocenters. The van der Waals surface area contributed by atoms with E-state index in [1.165, 1.54) is 6.07 Å². The SMILES string of the molecule is Cc1cc(Oc2ccccc2I)ccc1S(=O)(=O)Cl. The molecule has 0 N–H and O–H groups in total. The molecular formula is C13H10ClIO3S. The Morgan fingerprint density at radius 3 is 2.42 bits per heavy atom. The quantitative estimate of drug-likeness (QED) is 0.561. The molecule has 0 heterocycles. The summed E-state index contributed by atoms with van der Waals surface area (Å²) < 4.78 is 29.3. The van der Waals surface area contributed by atoms with E-state index in [1.54, 1.807) is 19.1 Å². The molecule has 0 aliphatic rings. The normalized spacial score (nSPS) is 11.3. The highest BCUT2D eigenvalue weighted by Crippen LogP contribution is 2.29. The van der Waals surface area contributed by atoms with Crippen molar-refractivity contribution in [3.05, 3.63) is 51.6 Å². The minimum Gasteiger partial charge on any atom is -0.456 e. The Kier molecular flexibility index (Phi) is 4.37. The van der Waals surface area contributed by atoms with Crippen LogP contribution in [0.2, 0.25) is 0 Å². The molecule has 2 aromatic rings. The van der Waals surface area contributed by atoms with Crippen molar-refractivity contribution in [3.63, 3.8) is 0 Å². The van der Waals surface area contributed by atoms with Crippen LogP contribution in [0.5, 0.6) is 11.5 Å². The molecule has 0 spiro atoms. The van der Waals surface area contributed by atoms with E-state index in [2.05, 4.69) is 22.6 Å². The van der Waals surface area contributed by atoms with Crippen molar-refractivity contribution in [2.75, 3.05) is 0 Å². The van der Waals surface area contributed by atoms with Gasteiger partial charge in [0.15, 0.2) is 0 Å². The zero-order valence-electron chi connectivity index (χ0n) is 9.93. The minimum atomic E-state index is -3.72. The fourth-order valence-electron chi connectivity index (χ4n) is 1.61. The van der Waals surface area contributed by atoms with Crippen molar-refractivity contribution >= 4 is 42.3 Å². The fraction of sp³-hybridized carbons (Fsp3) is 0.0769. The second-order valence-electron chi connectivity index (χ2n) is 3.90.